The predicted molar refractivity (Wildman–Crippen MR) is 160 cm³/mol. The van der Waals surface area contributed by atoms with Crippen molar-refractivity contribution in [3.8, 4) is 0 Å². The minimum Gasteiger partial charge on any atom is -0.228 e. The summed E-state index contributed by atoms with van der Waals surface area (Å²) >= 11 is 0. The summed E-state index contributed by atoms with van der Waals surface area (Å²) in [4.78, 5) is 26.2. The van der Waals surface area contributed by atoms with Crippen LogP contribution in [0.1, 0.15) is 114 Å². The average Bonchev–Trinajstić information content (AvgIpc) is 2.80. The van der Waals surface area contributed by atoms with Gasteiger partial charge in [-0.1, -0.05) is 109 Å². The molecule has 0 saturated heterocycles. The molecule has 0 heterocycles. The van der Waals surface area contributed by atoms with Crippen molar-refractivity contribution in [3.63, 3.8) is 0 Å². The number of hydrogen-bond acceptors (Lipinski definition) is 4. The minimum atomic E-state index is -1.26. The molecule has 0 amide bonds. The van der Waals surface area contributed by atoms with E-state index in [-0.39, 0.29) is 5.41 Å². The fraction of sp³-hybridized carbons (Fsp3) is 0.657. The van der Waals surface area contributed by atoms with Gasteiger partial charge in [-0.2, -0.15) is 9.78 Å². The molecule has 1 atom stereocenters. The Balaban J connectivity index is 2.53. The first-order chi connectivity index (χ1) is 17.7. The monoisotopic (exact) mass is 538 g/mol. The molecule has 4 heteroatoms. The Hall–Kier alpha value is -1.72. The summed E-state index contributed by atoms with van der Waals surface area (Å²) in [5.74, 6) is -0.952. The van der Waals surface area contributed by atoms with E-state index in [1.54, 1.807) is 0 Å². The van der Waals surface area contributed by atoms with E-state index in [1.807, 2.05) is 41.5 Å². The number of benzene rings is 2. The molecule has 1 fully saturated rings. The molecule has 0 aromatic heterocycles. The normalized spacial score (nSPS) is 21.5. The van der Waals surface area contributed by atoms with Crippen LogP contribution in [0.3, 0.4) is 0 Å². The van der Waals surface area contributed by atoms with E-state index >= 15 is 0 Å². The lowest BCUT2D eigenvalue weighted by Crippen LogP contribution is -2.76. The average molecular weight is 539 g/mol. The van der Waals surface area contributed by atoms with Crippen molar-refractivity contribution >= 4 is 0 Å². The van der Waals surface area contributed by atoms with Gasteiger partial charge in [-0.15, -0.1) is 0 Å². The Morgan fingerprint density at radius 1 is 0.590 bits per heavy atom. The lowest BCUT2D eigenvalue weighted by atomic mass is 9.34. The van der Waals surface area contributed by atoms with E-state index in [1.165, 1.54) is 11.1 Å². The maximum atomic E-state index is 6.82. The lowest BCUT2D eigenvalue weighted by Gasteiger charge is -2.71. The van der Waals surface area contributed by atoms with Crippen LogP contribution in [0, 0.1) is 16.7 Å². The molecule has 2 aromatic rings. The predicted octanol–water partition coefficient (Wildman–Crippen LogP) is 9.57. The van der Waals surface area contributed by atoms with Crippen LogP contribution in [0.5, 0.6) is 0 Å². The van der Waals surface area contributed by atoms with Crippen LogP contribution in [-0.4, -0.2) is 17.0 Å². The van der Waals surface area contributed by atoms with E-state index in [0.29, 0.717) is 12.3 Å². The molecule has 218 valence electrons. The quantitative estimate of drug-likeness (QED) is 0.190. The van der Waals surface area contributed by atoms with Crippen molar-refractivity contribution in [2.75, 3.05) is 0 Å². The van der Waals surface area contributed by atoms with Gasteiger partial charge in [0.1, 0.15) is 0 Å². The highest BCUT2D eigenvalue weighted by molar-refractivity contribution is 5.40. The van der Waals surface area contributed by atoms with Crippen molar-refractivity contribution in [2.45, 2.75) is 131 Å². The maximum Gasteiger partial charge on any atom is 0.241 e. The molecule has 0 aliphatic heterocycles. The molecule has 0 spiro atoms. The zero-order valence-corrected chi connectivity index (χ0v) is 26.9. The van der Waals surface area contributed by atoms with Crippen molar-refractivity contribution in [1.29, 1.82) is 0 Å². The molecule has 2 aromatic carbocycles. The molecule has 39 heavy (non-hydrogen) atoms. The zero-order valence-electron chi connectivity index (χ0n) is 26.9. The lowest BCUT2D eigenvalue weighted by molar-refractivity contribution is -0.586. The van der Waals surface area contributed by atoms with Crippen molar-refractivity contribution < 1.29 is 19.6 Å². The highest BCUT2D eigenvalue weighted by atomic mass is 17.3. The van der Waals surface area contributed by atoms with E-state index in [0.717, 1.165) is 6.42 Å². The second-order valence-electron chi connectivity index (χ2n) is 15.4. The van der Waals surface area contributed by atoms with E-state index in [9.17, 15) is 0 Å². The Morgan fingerprint density at radius 3 is 1.28 bits per heavy atom. The van der Waals surface area contributed by atoms with E-state index in [4.69, 9.17) is 19.6 Å². The second-order valence-corrected chi connectivity index (χ2v) is 15.4. The molecule has 1 aliphatic carbocycles. The molecule has 1 unspecified atom stereocenters. The summed E-state index contributed by atoms with van der Waals surface area (Å²) in [6.45, 7) is 28.5. The maximum absolute atomic E-state index is 6.82. The topological polar surface area (TPSA) is 36.9 Å². The first-order valence-corrected chi connectivity index (χ1v) is 14.6. The first kappa shape index (κ1) is 31.8. The van der Waals surface area contributed by atoms with Gasteiger partial charge in [0, 0.05) is 17.3 Å². The molecule has 4 nitrogen and oxygen atoms in total. The van der Waals surface area contributed by atoms with Gasteiger partial charge in [0.2, 0.25) is 5.79 Å². The number of hydrogen-bond donors (Lipinski definition) is 0. The van der Waals surface area contributed by atoms with Gasteiger partial charge in [0.25, 0.3) is 0 Å². The Labute approximate surface area is 238 Å². The summed E-state index contributed by atoms with van der Waals surface area (Å²) in [5.41, 5.74) is -0.554. The van der Waals surface area contributed by atoms with Gasteiger partial charge in [0.15, 0.2) is 0 Å². The van der Waals surface area contributed by atoms with Gasteiger partial charge in [-0.05, 0) is 70.4 Å². The third-order valence-corrected chi connectivity index (χ3v) is 8.78. The van der Waals surface area contributed by atoms with Gasteiger partial charge in [-0.3, -0.25) is 0 Å². The van der Waals surface area contributed by atoms with Crippen LogP contribution >= 0.6 is 0 Å². The Morgan fingerprint density at radius 2 is 0.949 bits per heavy atom. The highest BCUT2D eigenvalue weighted by Crippen LogP contribution is 2.73. The van der Waals surface area contributed by atoms with Crippen LogP contribution in [0.25, 0.3) is 0 Å². The smallest absolute Gasteiger partial charge is 0.228 e. The Bertz CT molecular complexity index is 1000. The van der Waals surface area contributed by atoms with Crippen LogP contribution in [0.15, 0.2) is 60.7 Å². The number of rotatable bonds is 8. The van der Waals surface area contributed by atoms with Crippen LogP contribution in [0.2, 0.25) is 0 Å². The first-order valence-electron chi connectivity index (χ1n) is 14.6. The molecular formula is C35H54O4. The van der Waals surface area contributed by atoms with Crippen molar-refractivity contribution in [3.05, 3.63) is 71.8 Å². The third kappa shape index (κ3) is 5.73. The summed E-state index contributed by atoms with van der Waals surface area (Å²) in [7, 11) is 0. The summed E-state index contributed by atoms with van der Waals surface area (Å²) in [5, 5.41) is 0. The van der Waals surface area contributed by atoms with Crippen LogP contribution in [0.4, 0.5) is 0 Å². The fourth-order valence-electron chi connectivity index (χ4n) is 8.38. The molecule has 1 aliphatic rings. The highest BCUT2D eigenvalue weighted by Gasteiger charge is 2.77. The summed E-state index contributed by atoms with van der Waals surface area (Å²) in [6, 6.07) is 21.6. The molecule has 3 rings (SSSR count). The molecule has 0 radical (unpaired) electrons. The Kier molecular flexibility index (Phi) is 8.64. The molecular weight excluding hydrogens is 484 g/mol. The third-order valence-electron chi connectivity index (χ3n) is 8.78. The minimum absolute atomic E-state index is 0.286. The van der Waals surface area contributed by atoms with Gasteiger partial charge >= 0.3 is 0 Å². The largest absolute Gasteiger partial charge is 0.241 e. The molecule has 0 bridgehead atoms. The standard InChI is InChI=1S/C35H54O4/c1-26-24-31(8,9)35(32(10,11)27-20-16-14-17-21-27,33(12,13)28-22-18-15-19-23-28)34(25-26,38-36-29(2,3)4)39-37-30(5,6)7/h14-23,26H,24-25H2,1-13H3. The van der Waals surface area contributed by atoms with Gasteiger partial charge < -0.3 is 0 Å². The van der Waals surface area contributed by atoms with Crippen LogP contribution in [-0.2, 0) is 30.4 Å². The second kappa shape index (κ2) is 10.6. The van der Waals surface area contributed by atoms with Crippen molar-refractivity contribution in [2.24, 2.45) is 16.7 Å². The molecule has 0 N–H and O–H groups in total. The van der Waals surface area contributed by atoms with E-state index < -0.39 is 33.2 Å². The molecule has 1 saturated carbocycles. The van der Waals surface area contributed by atoms with Crippen LogP contribution < -0.4 is 0 Å². The summed E-state index contributed by atoms with van der Waals surface area (Å²) < 4.78 is 0. The fourth-order valence-corrected chi connectivity index (χ4v) is 8.38. The summed E-state index contributed by atoms with van der Waals surface area (Å²) in [6.07, 6.45) is 1.62. The SMILES string of the molecule is CC1CC(C)(C)C(C(C)(C)c2ccccc2)(C(C)(C)c2ccccc2)C(OOC(C)(C)C)(OOC(C)(C)C)C1. The van der Waals surface area contributed by atoms with Gasteiger partial charge in [-0.25, -0.2) is 9.78 Å². The van der Waals surface area contributed by atoms with Gasteiger partial charge in [0.05, 0.1) is 16.6 Å². The van der Waals surface area contributed by atoms with E-state index in [2.05, 4.69) is 109 Å². The zero-order chi connectivity index (χ0) is 29.5. The van der Waals surface area contributed by atoms with Crippen molar-refractivity contribution in [1.82, 2.24) is 0 Å².